The molecule has 0 bridgehead atoms. The van der Waals surface area contributed by atoms with Crippen molar-refractivity contribution in [1.29, 1.82) is 0 Å². The molecule has 6 nitrogen and oxygen atoms in total. The molecule has 2 N–H and O–H groups in total. The van der Waals surface area contributed by atoms with Crippen molar-refractivity contribution in [3.8, 4) is 0 Å². The van der Waals surface area contributed by atoms with Crippen molar-refractivity contribution in [2.24, 2.45) is 7.05 Å². The second kappa shape index (κ2) is 7.03. The summed E-state index contributed by atoms with van der Waals surface area (Å²) in [6.45, 7) is 4.09. The number of amides is 1. The van der Waals surface area contributed by atoms with Crippen molar-refractivity contribution < 1.29 is 9.53 Å². The van der Waals surface area contributed by atoms with Crippen molar-refractivity contribution in [3.63, 3.8) is 0 Å². The van der Waals surface area contributed by atoms with E-state index in [1.54, 1.807) is 18.0 Å². The van der Waals surface area contributed by atoms with Gasteiger partial charge in [-0.25, -0.2) is 0 Å². The van der Waals surface area contributed by atoms with Crippen LogP contribution in [0.4, 0.5) is 0 Å². The van der Waals surface area contributed by atoms with Crippen LogP contribution in [-0.2, 0) is 23.1 Å². The second-order valence-corrected chi connectivity index (χ2v) is 3.83. The Bertz CT molecular complexity index is 362. The average Bonchev–Trinajstić information content (AvgIpc) is 2.63. The van der Waals surface area contributed by atoms with Gasteiger partial charge in [0.25, 0.3) is 0 Å². The molecular formula is C11H20N4O2. The van der Waals surface area contributed by atoms with E-state index in [9.17, 15) is 4.79 Å². The number of ether oxygens (including phenoxy) is 1. The minimum atomic E-state index is -0.0237. The molecule has 0 unspecified atom stereocenters. The first kappa shape index (κ1) is 13.7. The van der Waals surface area contributed by atoms with Gasteiger partial charge in [0, 0.05) is 38.5 Å². The van der Waals surface area contributed by atoms with Gasteiger partial charge in [0.05, 0.1) is 19.3 Å². The molecule has 0 aliphatic rings. The van der Waals surface area contributed by atoms with Gasteiger partial charge in [0.2, 0.25) is 5.91 Å². The standard InChI is InChI=1S/C11H20N4O2/c1-9-10(7-14-15(9)2)6-13-11(16)8-12-4-5-17-3/h7,12H,4-6,8H2,1-3H3,(H,13,16). The Hall–Kier alpha value is -1.40. The summed E-state index contributed by atoms with van der Waals surface area (Å²) >= 11 is 0. The van der Waals surface area contributed by atoms with Crippen LogP contribution in [0.3, 0.4) is 0 Å². The van der Waals surface area contributed by atoms with E-state index in [0.29, 0.717) is 26.2 Å². The normalized spacial score (nSPS) is 10.5. The summed E-state index contributed by atoms with van der Waals surface area (Å²) in [6, 6.07) is 0. The molecule has 0 saturated heterocycles. The zero-order valence-electron chi connectivity index (χ0n) is 10.6. The zero-order valence-corrected chi connectivity index (χ0v) is 10.6. The molecule has 0 aliphatic heterocycles. The number of hydrogen-bond donors (Lipinski definition) is 2. The summed E-state index contributed by atoms with van der Waals surface area (Å²) in [5, 5.41) is 9.93. The number of carbonyl (C=O) groups is 1. The lowest BCUT2D eigenvalue weighted by Gasteiger charge is -2.06. The molecule has 1 aromatic rings. The van der Waals surface area contributed by atoms with E-state index in [1.807, 2.05) is 14.0 Å². The average molecular weight is 240 g/mol. The maximum atomic E-state index is 11.5. The SMILES string of the molecule is COCCNCC(=O)NCc1cnn(C)c1C. The fraction of sp³-hybridized carbons (Fsp3) is 0.636. The van der Waals surface area contributed by atoms with Crippen molar-refractivity contribution in [2.75, 3.05) is 26.8 Å². The van der Waals surface area contributed by atoms with E-state index in [-0.39, 0.29) is 5.91 Å². The Kier molecular flexibility index (Phi) is 5.65. The first-order valence-corrected chi connectivity index (χ1v) is 5.59. The first-order chi connectivity index (χ1) is 8.15. The lowest BCUT2D eigenvalue weighted by molar-refractivity contribution is -0.120. The maximum Gasteiger partial charge on any atom is 0.234 e. The third-order valence-electron chi connectivity index (χ3n) is 2.58. The second-order valence-electron chi connectivity index (χ2n) is 3.83. The Morgan fingerprint density at radius 1 is 1.59 bits per heavy atom. The predicted molar refractivity (Wildman–Crippen MR) is 64.5 cm³/mol. The highest BCUT2D eigenvalue weighted by Crippen LogP contribution is 2.04. The van der Waals surface area contributed by atoms with Crippen LogP contribution in [0.15, 0.2) is 6.20 Å². The molecule has 17 heavy (non-hydrogen) atoms. The molecule has 0 saturated carbocycles. The molecular weight excluding hydrogens is 220 g/mol. The quantitative estimate of drug-likeness (QED) is 0.635. The first-order valence-electron chi connectivity index (χ1n) is 5.59. The molecule has 96 valence electrons. The van der Waals surface area contributed by atoms with Crippen LogP contribution in [0, 0.1) is 6.92 Å². The van der Waals surface area contributed by atoms with Crippen molar-refractivity contribution in [1.82, 2.24) is 20.4 Å². The molecule has 1 amide bonds. The minimum Gasteiger partial charge on any atom is -0.383 e. The number of carbonyl (C=O) groups excluding carboxylic acids is 1. The molecule has 0 radical (unpaired) electrons. The van der Waals surface area contributed by atoms with Gasteiger partial charge in [-0.3, -0.25) is 9.48 Å². The lowest BCUT2D eigenvalue weighted by atomic mass is 10.2. The number of nitrogens with one attached hydrogen (secondary N) is 2. The number of aromatic nitrogens is 2. The fourth-order valence-electron chi connectivity index (χ4n) is 1.35. The summed E-state index contributed by atoms with van der Waals surface area (Å²) < 4.78 is 6.66. The Morgan fingerprint density at radius 3 is 2.94 bits per heavy atom. The Morgan fingerprint density at radius 2 is 2.35 bits per heavy atom. The highest BCUT2D eigenvalue weighted by Gasteiger charge is 2.05. The van der Waals surface area contributed by atoms with Gasteiger partial charge >= 0.3 is 0 Å². The number of nitrogens with zero attached hydrogens (tertiary/aromatic N) is 2. The molecule has 1 aromatic heterocycles. The number of methoxy groups -OCH3 is 1. The van der Waals surface area contributed by atoms with Crippen molar-refractivity contribution in [3.05, 3.63) is 17.5 Å². The predicted octanol–water partition coefficient (Wildman–Crippen LogP) is -0.419. The van der Waals surface area contributed by atoms with E-state index < -0.39 is 0 Å². The molecule has 0 atom stereocenters. The van der Waals surface area contributed by atoms with E-state index in [0.717, 1.165) is 11.3 Å². The fourth-order valence-corrected chi connectivity index (χ4v) is 1.35. The number of hydrogen-bond acceptors (Lipinski definition) is 4. The molecule has 0 spiro atoms. The van der Waals surface area contributed by atoms with E-state index in [1.165, 1.54) is 0 Å². The zero-order chi connectivity index (χ0) is 12.7. The summed E-state index contributed by atoms with van der Waals surface area (Å²) in [6.07, 6.45) is 1.77. The van der Waals surface area contributed by atoms with Crippen LogP contribution in [-0.4, -0.2) is 42.5 Å². The summed E-state index contributed by atoms with van der Waals surface area (Å²) in [5.74, 6) is -0.0237. The monoisotopic (exact) mass is 240 g/mol. The molecule has 1 heterocycles. The molecule has 0 fully saturated rings. The highest BCUT2D eigenvalue weighted by molar-refractivity contribution is 5.77. The van der Waals surface area contributed by atoms with Gasteiger partial charge in [-0.15, -0.1) is 0 Å². The van der Waals surface area contributed by atoms with E-state index in [4.69, 9.17) is 4.74 Å². The topological polar surface area (TPSA) is 68.2 Å². The highest BCUT2D eigenvalue weighted by atomic mass is 16.5. The van der Waals surface area contributed by atoms with Crippen LogP contribution >= 0.6 is 0 Å². The van der Waals surface area contributed by atoms with E-state index >= 15 is 0 Å². The van der Waals surface area contributed by atoms with Gasteiger partial charge in [-0.1, -0.05) is 0 Å². The van der Waals surface area contributed by atoms with Crippen molar-refractivity contribution in [2.45, 2.75) is 13.5 Å². The largest absolute Gasteiger partial charge is 0.383 e. The van der Waals surface area contributed by atoms with Gasteiger partial charge in [-0.05, 0) is 6.92 Å². The summed E-state index contributed by atoms with van der Waals surface area (Å²) in [5.41, 5.74) is 2.11. The Labute approximate surface area is 101 Å². The van der Waals surface area contributed by atoms with Crippen LogP contribution in [0.1, 0.15) is 11.3 Å². The van der Waals surface area contributed by atoms with Gasteiger partial charge in [0.1, 0.15) is 0 Å². The Balaban J connectivity index is 2.22. The van der Waals surface area contributed by atoms with E-state index in [2.05, 4.69) is 15.7 Å². The molecule has 0 aliphatic carbocycles. The minimum absolute atomic E-state index is 0.0237. The third kappa shape index (κ3) is 4.54. The van der Waals surface area contributed by atoms with Crippen LogP contribution in [0.25, 0.3) is 0 Å². The smallest absolute Gasteiger partial charge is 0.234 e. The lowest BCUT2D eigenvalue weighted by Crippen LogP contribution is -2.34. The summed E-state index contributed by atoms with van der Waals surface area (Å²) in [7, 11) is 3.51. The maximum absolute atomic E-state index is 11.5. The molecule has 0 aromatic carbocycles. The van der Waals surface area contributed by atoms with Crippen LogP contribution < -0.4 is 10.6 Å². The van der Waals surface area contributed by atoms with Gasteiger partial charge < -0.3 is 15.4 Å². The van der Waals surface area contributed by atoms with Crippen LogP contribution in [0.5, 0.6) is 0 Å². The van der Waals surface area contributed by atoms with Gasteiger partial charge in [0.15, 0.2) is 0 Å². The summed E-state index contributed by atoms with van der Waals surface area (Å²) in [4.78, 5) is 11.5. The number of rotatable bonds is 7. The van der Waals surface area contributed by atoms with Crippen molar-refractivity contribution >= 4 is 5.91 Å². The molecule has 6 heteroatoms. The number of aryl methyl sites for hydroxylation is 1. The van der Waals surface area contributed by atoms with Crippen LogP contribution in [0.2, 0.25) is 0 Å². The molecule has 1 rings (SSSR count). The third-order valence-corrected chi connectivity index (χ3v) is 2.58. The van der Waals surface area contributed by atoms with Gasteiger partial charge in [-0.2, -0.15) is 5.10 Å².